The second kappa shape index (κ2) is 11.4. The largest absolute Gasteiger partial charge is 0.493 e. The molecule has 41 heavy (non-hydrogen) atoms. The molecule has 1 heterocycles. The molecule has 0 aliphatic heterocycles. The van der Waals surface area contributed by atoms with Gasteiger partial charge in [-0.3, -0.25) is 4.79 Å². The monoisotopic (exact) mass is 581 g/mol. The molecule has 1 aromatic heterocycles. The highest BCUT2D eigenvalue weighted by Gasteiger charge is 2.31. The lowest BCUT2D eigenvalue weighted by Gasteiger charge is -2.14. The van der Waals surface area contributed by atoms with Crippen LogP contribution in [0.5, 0.6) is 11.5 Å². The molecule has 0 radical (unpaired) electrons. The molecule has 0 amide bonds. The Bertz CT molecular complexity index is 1820. The number of hydrogen-bond acceptors (Lipinski definition) is 5. The van der Waals surface area contributed by atoms with Crippen molar-refractivity contribution in [2.75, 3.05) is 7.11 Å². The molecule has 5 rings (SSSR count). The summed E-state index contributed by atoms with van der Waals surface area (Å²) in [6, 6.07) is 19.9. The Labute approximate surface area is 236 Å². The van der Waals surface area contributed by atoms with Crippen molar-refractivity contribution >= 4 is 28.7 Å². The number of alkyl halides is 3. The van der Waals surface area contributed by atoms with Crippen LogP contribution in [-0.4, -0.2) is 23.0 Å². The zero-order valence-corrected chi connectivity index (χ0v) is 22.1. The summed E-state index contributed by atoms with van der Waals surface area (Å²) in [4.78, 5) is 17.9. The van der Waals surface area contributed by atoms with Crippen LogP contribution in [0.2, 0.25) is 5.02 Å². The number of para-hydroxylation sites is 1. The van der Waals surface area contributed by atoms with E-state index in [0.717, 1.165) is 16.8 Å². The van der Waals surface area contributed by atoms with E-state index in [9.17, 15) is 22.4 Å². The summed E-state index contributed by atoms with van der Waals surface area (Å²) in [6.07, 6.45) is -3.28. The van der Waals surface area contributed by atoms with Crippen LogP contribution in [0.4, 0.5) is 17.6 Å². The third-order valence-corrected chi connectivity index (χ3v) is 6.35. The first-order chi connectivity index (χ1) is 19.6. The molecule has 11 heteroatoms. The Morgan fingerprint density at radius 3 is 2.49 bits per heavy atom. The minimum atomic E-state index is -4.59. The third-order valence-electron chi connectivity index (χ3n) is 6.07. The van der Waals surface area contributed by atoms with E-state index in [2.05, 4.69) is 10.1 Å². The molecule has 0 aliphatic rings. The van der Waals surface area contributed by atoms with Gasteiger partial charge in [-0.1, -0.05) is 48.0 Å². The number of hydrogen-bond donors (Lipinski definition) is 0. The number of fused-ring (bicyclic) bond motifs is 1. The van der Waals surface area contributed by atoms with Gasteiger partial charge in [-0.2, -0.15) is 22.9 Å². The van der Waals surface area contributed by atoms with Gasteiger partial charge < -0.3 is 9.47 Å². The molecule has 0 saturated heterocycles. The van der Waals surface area contributed by atoms with Crippen molar-refractivity contribution < 1.29 is 27.0 Å². The SMILES string of the molecule is COc1cc(C=Nn2c(-c3cccc(C(F)(F)F)c3)nc3ccccc3c2=O)cc(Cl)c1OCc1ccc(F)cc1. The van der Waals surface area contributed by atoms with Crippen LogP contribution in [0.3, 0.4) is 0 Å². The molecule has 6 nitrogen and oxygen atoms in total. The van der Waals surface area contributed by atoms with E-state index in [1.165, 1.54) is 43.7 Å². The van der Waals surface area contributed by atoms with Crippen LogP contribution >= 0.6 is 11.6 Å². The molecule has 208 valence electrons. The fourth-order valence-electron chi connectivity index (χ4n) is 4.07. The highest BCUT2D eigenvalue weighted by Crippen LogP contribution is 2.37. The average molecular weight is 582 g/mol. The zero-order valence-electron chi connectivity index (χ0n) is 21.3. The van der Waals surface area contributed by atoms with Crippen LogP contribution in [0.25, 0.3) is 22.3 Å². The number of benzene rings is 4. The Morgan fingerprint density at radius 1 is 1.00 bits per heavy atom. The van der Waals surface area contributed by atoms with Crippen LogP contribution in [-0.2, 0) is 12.8 Å². The van der Waals surface area contributed by atoms with E-state index in [1.807, 2.05) is 0 Å². The fourth-order valence-corrected chi connectivity index (χ4v) is 4.34. The molecular formula is C30H20ClF4N3O3. The Morgan fingerprint density at radius 2 is 1.76 bits per heavy atom. The lowest BCUT2D eigenvalue weighted by atomic mass is 10.1. The van der Waals surface area contributed by atoms with Gasteiger partial charge in [-0.15, -0.1) is 0 Å². The Balaban J connectivity index is 1.54. The minimum Gasteiger partial charge on any atom is -0.493 e. The number of ether oxygens (including phenoxy) is 2. The van der Waals surface area contributed by atoms with Gasteiger partial charge in [-0.25, -0.2) is 9.37 Å². The molecule has 0 saturated carbocycles. The molecule has 0 aliphatic carbocycles. The maximum atomic E-state index is 13.4. The van der Waals surface area contributed by atoms with Crippen molar-refractivity contribution in [3.63, 3.8) is 0 Å². The first-order valence-corrected chi connectivity index (χ1v) is 12.5. The van der Waals surface area contributed by atoms with E-state index in [-0.39, 0.29) is 45.7 Å². The molecule has 0 atom stereocenters. The third kappa shape index (κ3) is 6.07. The summed E-state index contributed by atoms with van der Waals surface area (Å²) < 4.78 is 65.6. The standard InChI is InChI=1S/C30H20ClF4N3O3/c1-40-26-14-19(13-24(31)27(26)41-17-18-9-11-22(32)12-10-18)16-36-38-28(20-5-4-6-21(15-20)30(33,34)35)37-25-8-3-2-7-23(25)29(38)39/h2-16H,17H2,1H3. The number of nitrogens with zero attached hydrogens (tertiary/aromatic N) is 3. The summed E-state index contributed by atoms with van der Waals surface area (Å²) in [7, 11) is 1.42. The van der Waals surface area contributed by atoms with E-state index >= 15 is 0 Å². The summed E-state index contributed by atoms with van der Waals surface area (Å²) in [6.45, 7) is 0.0995. The van der Waals surface area contributed by atoms with Gasteiger partial charge in [-0.05, 0) is 59.7 Å². The van der Waals surface area contributed by atoms with E-state index in [4.69, 9.17) is 21.1 Å². The smallest absolute Gasteiger partial charge is 0.416 e. The van der Waals surface area contributed by atoms with Gasteiger partial charge in [0.1, 0.15) is 12.4 Å². The summed E-state index contributed by atoms with van der Waals surface area (Å²) in [5.74, 6) is 0.0614. The van der Waals surface area contributed by atoms with Crippen molar-refractivity contribution in [2.24, 2.45) is 5.10 Å². The lowest BCUT2D eigenvalue weighted by molar-refractivity contribution is -0.137. The van der Waals surface area contributed by atoms with Crippen molar-refractivity contribution in [3.8, 4) is 22.9 Å². The second-order valence-electron chi connectivity index (χ2n) is 8.84. The number of aromatic nitrogens is 2. The number of rotatable bonds is 7. The fraction of sp³-hybridized carbons (Fsp3) is 0.100. The van der Waals surface area contributed by atoms with Gasteiger partial charge in [0.05, 0.1) is 34.8 Å². The van der Waals surface area contributed by atoms with Gasteiger partial charge in [0.25, 0.3) is 5.56 Å². The summed E-state index contributed by atoms with van der Waals surface area (Å²) >= 11 is 6.47. The van der Waals surface area contributed by atoms with Crippen molar-refractivity contribution in [3.05, 3.63) is 123 Å². The van der Waals surface area contributed by atoms with Gasteiger partial charge >= 0.3 is 6.18 Å². The second-order valence-corrected chi connectivity index (χ2v) is 9.25. The summed E-state index contributed by atoms with van der Waals surface area (Å²) in [5.41, 5.74) is 0.0254. The molecule has 0 fully saturated rings. The van der Waals surface area contributed by atoms with Crippen molar-refractivity contribution in [1.82, 2.24) is 9.66 Å². The molecule has 0 unspecified atom stereocenters. The van der Waals surface area contributed by atoms with Crippen LogP contribution in [0.1, 0.15) is 16.7 Å². The molecule has 0 bridgehead atoms. The summed E-state index contributed by atoms with van der Waals surface area (Å²) in [5, 5.41) is 4.70. The van der Waals surface area contributed by atoms with Crippen LogP contribution < -0.4 is 15.0 Å². The number of methoxy groups -OCH3 is 1. The van der Waals surface area contributed by atoms with Crippen molar-refractivity contribution in [2.45, 2.75) is 12.8 Å². The topological polar surface area (TPSA) is 65.7 Å². The predicted octanol–water partition coefficient (Wildman–Crippen LogP) is 7.34. The highest BCUT2D eigenvalue weighted by molar-refractivity contribution is 6.32. The molecule has 4 aromatic carbocycles. The zero-order chi connectivity index (χ0) is 29.1. The minimum absolute atomic E-state index is 0.0555. The van der Waals surface area contributed by atoms with E-state index < -0.39 is 17.3 Å². The van der Waals surface area contributed by atoms with Crippen LogP contribution in [0, 0.1) is 5.82 Å². The molecular weight excluding hydrogens is 562 g/mol. The quantitative estimate of drug-likeness (QED) is 0.149. The molecule has 5 aromatic rings. The first kappa shape index (κ1) is 27.9. The van der Waals surface area contributed by atoms with Gasteiger partial charge in [0.2, 0.25) is 0 Å². The van der Waals surface area contributed by atoms with Gasteiger partial charge in [0, 0.05) is 5.56 Å². The number of halogens is 5. The predicted molar refractivity (Wildman–Crippen MR) is 148 cm³/mol. The van der Waals surface area contributed by atoms with Gasteiger partial charge in [0.15, 0.2) is 17.3 Å². The maximum absolute atomic E-state index is 13.4. The lowest BCUT2D eigenvalue weighted by Crippen LogP contribution is -2.20. The highest BCUT2D eigenvalue weighted by atomic mass is 35.5. The van der Waals surface area contributed by atoms with Crippen LogP contribution in [0.15, 0.2) is 94.8 Å². The molecule has 0 spiro atoms. The maximum Gasteiger partial charge on any atom is 0.416 e. The normalized spacial score (nSPS) is 11.8. The molecule has 0 N–H and O–H groups in total. The van der Waals surface area contributed by atoms with Crippen molar-refractivity contribution in [1.29, 1.82) is 0 Å². The Kier molecular flexibility index (Phi) is 7.76. The first-order valence-electron chi connectivity index (χ1n) is 12.1. The Hall–Kier alpha value is -4.70. The average Bonchev–Trinajstić information content (AvgIpc) is 2.96. The van der Waals surface area contributed by atoms with E-state index in [0.29, 0.717) is 16.6 Å². The van der Waals surface area contributed by atoms with E-state index in [1.54, 1.807) is 42.5 Å².